The van der Waals surface area contributed by atoms with Crippen LogP contribution in [0.2, 0.25) is 0 Å². The highest BCUT2D eigenvalue weighted by Crippen LogP contribution is 2.20. The molecule has 0 saturated carbocycles. The largest absolute Gasteiger partial charge is 0.345 e. The Hall–Kier alpha value is -3.66. The summed E-state index contributed by atoms with van der Waals surface area (Å²) in [6, 6.07) is 15.0. The topological polar surface area (TPSA) is 141 Å². The number of anilines is 1. The number of hydrogen-bond donors (Lipinski definition) is 4. The molecule has 2 aromatic carbocycles. The second kappa shape index (κ2) is 8.15. The highest BCUT2D eigenvalue weighted by atomic mass is 32.2. The molecule has 0 bridgehead atoms. The van der Waals surface area contributed by atoms with Gasteiger partial charge in [-0.3, -0.25) is 19.3 Å². The normalized spacial score (nSPS) is 12.2. The summed E-state index contributed by atoms with van der Waals surface area (Å²) in [5.74, 6) is -0.491. The minimum absolute atomic E-state index is 0.00383. The fraction of sp³-hybridized carbons (Fsp3) is 0.105. The molecule has 0 aliphatic carbocycles. The van der Waals surface area contributed by atoms with Crippen LogP contribution >= 0.6 is 0 Å². The third-order valence-corrected chi connectivity index (χ3v) is 5.51. The van der Waals surface area contributed by atoms with Crippen molar-refractivity contribution < 1.29 is 13.2 Å². The van der Waals surface area contributed by atoms with Crippen LogP contribution in [-0.2, 0) is 10.0 Å². The van der Waals surface area contributed by atoms with Crippen LogP contribution in [0.25, 0.3) is 0 Å². The molecule has 9 nitrogen and oxygen atoms in total. The molecule has 29 heavy (non-hydrogen) atoms. The molecule has 0 unspecified atom stereocenters. The van der Waals surface area contributed by atoms with Gasteiger partial charge in [0.15, 0.2) is 4.90 Å². The molecule has 3 aromatic rings. The summed E-state index contributed by atoms with van der Waals surface area (Å²) in [5.41, 5.74) is -0.932. The number of hydrogen-bond acceptors (Lipinski definition) is 5. The minimum atomic E-state index is -4.34. The van der Waals surface area contributed by atoms with Crippen LogP contribution in [0.4, 0.5) is 5.69 Å². The van der Waals surface area contributed by atoms with Crippen LogP contribution in [-0.4, -0.2) is 24.3 Å². The van der Waals surface area contributed by atoms with Crippen molar-refractivity contribution >= 4 is 21.6 Å². The van der Waals surface area contributed by atoms with Gasteiger partial charge in [-0.15, -0.1) is 0 Å². The summed E-state index contributed by atoms with van der Waals surface area (Å²) < 4.78 is 27.4. The van der Waals surface area contributed by atoms with Crippen molar-refractivity contribution in [2.45, 2.75) is 17.9 Å². The molecule has 0 fully saturated rings. The van der Waals surface area contributed by atoms with Crippen molar-refractivity contribution in [1.82, 2.24) is 15.3 Å². The molecule has 10 heteroatoms. The van der Waals surface area contributed by atoms with Crippen LogP contribution in [0.15, 0.2) is 75.3 Å². The van der Waals surface area contributed by atoms with Crippen molar-refractivity contribution in [2.24, 2.45) is 0 Å². The van der Waals surface area contributed by atoms with E-state index in [0.29, 0.717) is 0 Å². The van der Waals surface area contributed by atoms with Crippen molar-refractivity contribution in [1.29, 1.82) is 0 Å². The van der Waals surface area contributed by atoms with Gasteiger partial charge < -0.3 is 10.3 Å². The Balaban J connectivity index is 1.88. The van der Waals surface area contributed by atoms with Crippen molar-refractivity contribution in [3.05, 3.63) is 92.8 Å². The number of para-hydroxylation sites is 1. The zero-order valence-corrected chi connectivity index (χ0v) is 16.1. The predicted molar refractivity (Wildman–Crippen MR) is 107 cm³/mol. The zero-order chi connectivity index (χ0) is 21.0. The van der Waals surface area contributed by atoms with E-state index in [9.17, 15) is 22.8 Å². The summed E-state index contributed by atoms with van der Waals surface area (Å²) in [6.45, 7) is 1.81. The lowest BCUT2D eigenvalue weighted by molar-refractivity contribution is 0.0941. The summed E-state index contributed by atoms with van der Waals surface area (Å²) in [7, 11) is -4.34. The lowest BCUT2D eigenvalue weighted by atomic mass is 10.1. The first kappa shape index (κ1) is 20.1. The molecule has 150 valence electrons. The fourth-order valence-corrected chi connectivity index (χ4v) is 3.75. The van der Waals surface area contributed by atoms with Crippen LogP contribution in [0, 0.1) is 0 Å². The van der Waals surface area contributed by atoms with Gasteiger partial charge >= 0.3 is 5.69 Å². The average molecular weight is 414 g/mol. The first-order valence-corrected chi connectivity index (χ1v) is 10.1. The molecular weight excluding hydrogens is 396 g/mol. The Labute approximate surface area is 165 Å². The van der Waals surface area contributed by atoms with E-state index in [1.54, 1.807) is 19.1 Å². The molecule has 4 N–H and O–H groups in total. The highest BCUT2D eigenvalue weighted by molar-refractivity contribution is 7.92. The van der Waals surface area contributed by atoms with Gasteiger partial charge in [0, 0.05) is 6.20 Å². The van der Waals surface area contributed by atoms with E-state index in [-0.39, 0.29) is 17.3 Å². The molecule has 3 rings (SSSR count). The first-order chi connectivity index (χ1) is 13.8. The predicted octanol–water partition coefficient (Wildman–Crippen LogP) is 1.35. The van der Waals surface area contributed by atoms with Gasteiger partial charge in [-0.1, -0.05) is 42.5 Å². The lowest BCUT2D eigenvalue weighted by Crippen LogP contribution is -2.30. The number of benzene rings is 2. The maximum atomic E-state index is 12.7. The van der Waals surface area contributed by atoms with Gasteiger partial charge in [0.25, 0.3) is 21.5 Å². The van der Waals surface area contributed by atoms with Gasteiger partial charge in [0.1, 0.15) is 0 Å². The van der Waals surface area contributed by atoms with Gasteiger partial charge in [0.05, 0.1) is 17.3 Å². The molecule has 0 aliphatic rings. The molecule has 1 aromatic heterocycles. The number of H-pyrrole nitrogens is 2. The number of sulfonamides is 1. The Morgan fingerprint density at radius 1 is 1.00 bits per heavy atom. The first-order valence-electron chi connectivity index (χ1n) is 8.57. The Kier molecular flexibility index (Phi) is 5.64. The van der Waals surface area contributed by atoms with Crippen LogP contribution in [0.1, 0.15) is 28.9 Å². The molecule has 0 aliphatic heterocycles. The average Bonchev–Trinajstić information content (AvgIpc) is 2.68. The van der Waals surface area contributed by atoms with E-state index >= 15 is 0 Å². The lowest BCUT2D eigenvalue weighted by Gasteiger charge is -2.16. The van der Waals surface area contributed by atoms with E-state index in [0.717, 1.165) is 11.8 Å². The SMILES string of the molecule is C[C@H](NC(=O)c1ccccc1NS(=O)(=O)c1c[nH]c(=O)[nH]c1=O)c1ccccc1. The third kappa shape index (κ3) is 4.61. The second-order valence-electron chi connectivity index (χ2n) is 6.19. The summed E-state index contributed by atoms with van der Waals surface area (Å²) in [6.07, 6.45) is 0.795. The van der Waals surface area contributed by atoms with Crippen molar-refractivity contribution in [3.8, 4) is 0 Å². The molecule has 0 saturated heterocycles. The third-order valence-electron chi connectivity index (χ3n) is 4.14. The number of rotatable bonds is 6. The second-order valence-corrected chi connectivity index (χ2v) is 7.84. The van der Waals surface area contributed by atoms with E-state index in [2.05, 4.69) is 15.0 Å². The molecule has 1 heterocycles. The van der Waals surface area contributed by atoms with Gasteiger partial charge in [-0.2, -0.15) is 0 Å². The number of aromatic nitrogens is 2. The summed E-state index contributed by atoms with van der Waals surface area (Å²) in [4.78, 5) is 38.9. The maximum Gasteiger partial charge on any atom is 0.325 e. The van der Waals surface area contributed by atoms with Crippen molar-refractivity contribution in [3.63, 3.8) is 0 Å². The van der Waals surface area contributed by atoms with E-state index in [4.69, 9.17) is 0 Å². The standard InChI is InChI=1S/C19H18N4O5S/c1-12(13-7-3-2-4-8-13)21-17(24)14-9-5-6-10-15(14)23-29(27,28)16-11-20-19(26)22-18(16)25/h2-12,23H,1H3,(H,21,24)(H2,20,22,25,26)/t12-/m0/s1. The molecule has 1 amide bonds. The van der Waals surface area contributed by atoms with Crippen LogP contribution in [0.5, 0.6) is 0 Å². The van der Waals surface area contributed by atoms with Gasteiger partial charge in [-0.25, -0.2) is 13.2 Å². The Bertz CT molecular complexity index is 1250. The highest BCUT2D eigenvalue weighted by Gasteiger charge is 2.22. The van der Waals surface area contributed by atoms with E-state index in [1.165, 1.54) is 12.1 Å². The molecule has 0 spiro atoms. The summed E-state index contributed by atoms with van der Waals surface area (Å²) >= 11 is 0. The Morgan fingerprint density at radius 2 is 1.66 bits per heavy atom. The van der Waals surface area contributed by atoms with Crippen molar-refractivity contribution in [2.75, 3.05) is 4.72 Å². The molecular formula is C19H18N4O5S. The molecule has 1 atom stereocenters. The Morgan fingerprint density at radius 3 is 2.34 bits per heavy atom. The number of aromatic amines is 2. The van der Waals surface area contributed by atoms with Crippen LogP contribution < -0.4 is 21.3 Å². The number of amides is 1. The maximum absolute atomic E-state index is 12.7. The zero-order valence-electron chi connectivity index (χ0n) is 15.3. The van der Waals surface area contributed by atoms with Crippen LogP contribution in [0.3, 0.4) is 0 Å². The smallest absolute Gasteiger partial charge is 0.325 e. The quantitative estimate of drug-likeness (QED) is 0.482. The van der Waals surface area contributed by atoms with E-state index in [1.807, 2.05) is 35.3 Å². The monoisotopic (exact) mass is 414 g/mol. The fourth-order valence-electron chi connectivity index (χ4n) is 2.67. The molecule has 0 radical (unpaired) electrons. The van der Waals surface area contributed by atoms with E-state index < -0.39 is 32.1 Å². The number of carbonyl (C=O) groups is 1. The summed E-state index contributed by atoms with van der Waals surface area (Å²) in [5, 5.41) is 2.81. The minimum Gasteiger partial charge on any atom is -0.345 e. The number of nitrogens with one attached hydrogen (secondary N) is 4. The van der Waals surface area contributed by atoms with Gasteiger partial charge in [-0.05, 0) is 24.6 Å². The number of carbonyl (C=O) groups excluding carboxylic acids is 1. The van der Waals surface area contributed by atoms with Gasteiger partial charge in [0.2, 0.25) is 0 Å².